The average molecular weight is 461 g/mol. The van der Waals surface area contributed by atoms with E-state index in [-0.39, 0.29) is 12.5 Å². The van der Waals surface area contributed by atoms with Crippen molar-refractivity contribution in [2.24, 2.45) is 0 Å². The van der Waals surface area contributed by atoms with Gasteiger partial charge in [-0.25, -0.2) is 0 Å². The van der Waals surface area contributed by atoms with Crippen molar-refractivity contribution in [1.29, 1.82) is 5.26 Å². The molecule has 3 aromatic rings. The van der Waals surface area contributed by atoms with E-state index in [4.69, 9.17) is 14.3 Å². The second kappa shape index (κ2) is 13.0. The number of ether oxygens (including phenoxy) is 3. The highest BCUT2D eigenvalue weighted by Crippen LogP contribution is 2.23. The molecular formula is C27H28N2O5. The first-order chi connectivity index (χ1) is 16.6. The molecular weight excluding hydrogens is 432 g/mol. The molecule has 7 heteroatoms. The monoisotopic (exact) mass is 460 g/mol. The van der Waals surface area contributed by atoms with Gasteiger partial charge in [0.25, 0.3) is 0 Å². The molecule has 0 aliphatic heterocycles. The van der Waals surface area contributed by atoms with Crippen molar-refractivity contribution in [3.05, 3.63) is 95.6 Å². The number of hydrogen-bond donors (Lipinski definition) is 1. The predicted molar refractivity (Wildman–Crippen MR) is 127 cm³/mol. The van der Waals surface area contributed by atoms with Crippen LogP contribution in [0.1, 0.15) is 35.1 Å². The lowest BCUT2D eigenvalue weighted by molar-refractivity contribution is -0.140. The number of methoxy groups -OCH3 is 1. The van der Waals surface area contributed by atoms with E-state index in [2.05, 4.69) is 16.3 Å². The van der Waals surface area contributed by atoms with E-state index in [0.717, 1.165) is 22.4 Å². The Bertz CT molecular complexity index is 1060. The van der Waals surface area contributed by atoms with E-state index >= 15 is 0 Å². The van der Waals surface area contributed by atoms with Crippen LogP contribution < -0.4 is 15.0 Å². The minimum atomic E-state index is -0.547. The summed E-state index contributed by atoms with van der Waals surface area (Å²) < 4.78 is 16.4. The van der Waals surface area contributed by atoms with Crippen LogP contribution in [0.5, 0.6) is 11.5 Å². The van der Waals surface area contributed by atoms with Gasteiger partial charge in [-0.3, -0.25) is 4.79 Å². The molecule has 0 saturated carbocycles. The van der Waals surface area contributed by atoms with Crippen LogP contribution in [-0.2, 0) is 21.0 Å². The number of carbonyl (C=O) groups excluding carboxylic acids is 1. The highest BCUT2D eigenvalue weighted by molar-refractivity contribution is 5.71. The van der Waals surface area contributed by atoms with Gasteiger partial charge in [0, 0.05) is 0 Å². The maximum Gasteiger partial charge on any atom is 0.307 e. The lowest BCUT2D eigenvalue weighted by Gasteiger charge is -2.18. The van der Waals surface area contributed by atoms with Gasteiger partial charge in [-0.2, -0.15) is 10.7 Å². The Kier molecular flexibility index (Phi) is 9.47. The van der Waals surface area contributed by atoms with E-state index < -0.39 is 11.9 Å². The fourth-order valence-electron chi connectivity index (χ4n) is 3.34. The highest BCUT2D eigenvalue weighted by Gasteiger charge is 2.16. The van der Waals surface area contributed by atoms with Gasteiger partial charge in [-0.15, -0.1) is 0 Å². The fraction of sp³-hybridized carbons (Fsp3) is 0.259. The summed E-state index contributed by atoms with van der Waals surface area (Å²) in [6.07, 6.45) is 0.0231. The molecule has 3 aromatic carbocycles. The Balaban J connectivity index is 1.51. The Morgan fingerprint density at radius 1 is 0.882 bits per heavy atom. The van der Waals surface area contributed by atoms with Gasteiger partial charge in [0.1, 0.15) is 24.7 Å². The van der Waals surface area contributed by atoms with Crippen LogP contribution in [0.3, 0.4) is 0 Å². The SMILES string of the molecule is CONC(COc1ccc(COc2ccc(C(C#N)CC(=O)OC)cc2)cc1)c1ccccc1. The van der Waals surface area contributed by atoms with Crippen molar-refractivity contribution in [3.8, 4) is 17.6 Å². The standard InChI is InChI=1S/C27H28N2O5/c1-31-27(30)16-23(17-28)21-10-14-25(15-11-21)33-18-20-8-12-24(13-9-20)34-19-26(29-32-2)22-6-4-3-5-7-22/h3-15,23,26,29H,16,18-19H2,1-2H3. The average Bonchev–Trinajstić information content (AvgIpc) is 2.89. The van der Waals surface area contributed by atoms with Crippen molar-refractivity contribution < 1.29 is 23.8 Å². The molecule has 2 unspecified atom stereocenters. The Morgan fingerprint density at radius 2 is 1.53 bits per heavy atom. The first-order valence-electron chi connectivity index (χ1n) is 10.9. The quantitative estimate of drug-likeness (QED) is 0.309. The second-order valence-electron chi connectivity index (χ2n) is 7.56. The van der Waals surface area contributed by atoms with Crippen LogP contribution in [0.2, 0.25) is 0 Å². The summed E-state index contributed by atoms with van der Waals surface area (Å²) >= 11 is 0. The Hall–Kier alpha value is -3.86. The maximum atomic E-state index is 11.5. The third-order valence-electron chi connectivity index (χ3n) is 5.24. The number of nitrogens with one attached hydrogen (secondary N) is 1. The predicted octanol–water partition coefficient (Wildman–Crippen LogP) is 4.71. The fourth-order valence-corrected chi connectivity index (χ4v) is 3.34. The maximum absolute atomic E-state index is 11.5. The van der Waals surface area contributed by atoms with Crippen molar-refractivity contribution >= 4 is 5.97 Å². The Morgan fingerprint density at radius 3 is 2.15 bits per heavy atom. The molecule has 0 bridgehead atoms. The molecule has 0 radical (unpaired) electrons. The zero-order valence-electron chi connectivity index (χ0n) is 19.3. The van der Waals surface area contributed by atoms with Gasteiger partial charge in [-0.1, -0.05) is 54.6 Å². The molecule has 0 aromatic heterocycles. The zero-order chi connectivity index (χ0) is 24.2. The molecule has 1 N–H and O–H groups in total. The zero-order valence-corrected chi connectivity index (χ0v) is 19.3. The summed E-state index contributed by atoms with van der Waals surface area (Å²) in [6, 6.07) is 26.9. The number of nitriles is 1. The van der Waals surface area contributed by atoms with Crippen molar-refractivity contribution in [3.63, 3.8) is 0 Å². The molecule has 0 amide bonds. The van der Waals surface area contributed by atoms with Crippen LogP contribution in [0, 0.1) is 11.3 Å². The second-order valence-corrected chi connectivity index (χ2v) is 7.56. The summed E-state index contributed by atoms with van der Waals surface area (Å²) in [5, 5.41) is 9.31. The number of benzene rings is 3. The molecule has 2 atom stereocenters. The third kappa shape index (κ3) is 7.34. The van der Waals surface area contributed by atoms with Crippen molar-refractivity contribution in [1.82, 2.24) is 5.48 Å². The molecule has 0 heterocycles. The smallest absolute Gasteiger partial charge is 0.307 e. The van der Waals surface area contributed by atoms with Gasteiger partial charge < -0.3 is 19.0 Å². The number of nitrogens with zero attached hydrogens (tertiary/aromatic N) is 1. The lowest BCUT2D eigenvalue weighted by atomic mass is 9.97. The summed E-state index contributed by atoms with van der Waals surface area (Å²) in [5.41, 5.74) is 5.78. The minimum absolute atomic E-state index is 0.0231. The minimum Gasteiger partial charge on any atom is -0.492 e. The molecule has 176 valence electrons. The third-order valence-corrected chi connectivity index (χ3v) is 5.24. The van der Waals surface area contributed by atoms with Crippen molar-refractivity contribution in [2.75, 3.05) is 20.8 Å². The van der Waals surface area contributed by atoms with Gasteiger partial charge in [-0.05, 0) is 41.0 Å². The van der Waals surface area contributed by atoms with Crippen LogP contribution in [0.4, 0.5) is 0 Å². The molecule has 0 saturated heterocycles. The van der Waals surface area contributed by atoms with E-state index in [9.17, 15) is 10.1 Å². The summed E-state index contributed by atoms with van der Waals surface area (Å²) in [6.45, 7) is 0.807. The molecule has 0 aliphatic rings. The van der Waals surface area contributed by atoms with Crippen LogP contribution in [0.25, 0.3) is 0 Å². The number of rotatable bonds is 12. The topological polar surface area (TPSA) is 89.8 Å². The summed E-state index contributed by atoms with van der Waals surface area (Å²) in [5.74, 6) is 0.467. The van der Waals surface area contributed by atoms with E-state index in [1.165, 1.54) is 7.11 Å². The summed E-state index contributed by atoms with van der Waals surface area (Å²) in [4.78, 5) is 16.6. The molecule has 0 aliphatic carbocycles. The normalized spacial score (nSPS) is 12.3. The number of hydroxylamine groups is 1. The van der Waals surface area contributed by atoms with E-state index in [1.54, 1.807) is 31.4 Å². The molecule has 7 nitrogen and oxygen atoms in total. The molecule has 0 spiro atoms. The van der Waals surface area contributed by atoms with Gasteiger partial charge in [0.05, 0.1) is 38.7 Å². The van der Waals surface area contributed by atoms with Crippen LogP contribution in [-0.4, -0.2) is 26.8 Å². The molecule has 34 heavy (non-hydrogen) atoms. The molecule has 3 rings (SSSR count). The van der Waals surface area contributed by atoms with E-state index in [0.29, 0.717) is 19.0 Å². The van der Waals surface area contributed by atoms with Gasteiger partial charge in [0.15, 0.2) is 0 Å². The number of esters is 1. The number of carbonyl (C=O) groups is 1. The molecule has 0 fully saturated rings. The van der Waals surface area contributed by atoms with Gasteiger partial charge >= 0.3 is 5.97 Å². The van der Waals surface area contributed by atoms with Crippen molar-refractivity contribution in [2.45, 2.75) is 25.0 Å². The van der Waals surface area contributed by atoms with E-state index in [1.807, 2.05) is 54.6 Å². The van der Waals surface area contributed by atoms with Crippen LogP contribution >= 0.6 is 0 Å². The summed E-state index contributed by atoms with van der Waals surface area (Å²) in [7, 11) is 2.90. The Labute approximate surface area is 199 Å². The van der Waals surface area contributed by atoms with Gasteiger partial charge in [0.2, 0.25) is 0 Å². The lowest BCUT2D eigenvalue weighted by Crippen LogP contribution is -2.25. The number of hydrogen-bond acceptors (Lipinski definition) is 7. The van der Waals surface area contributed by atoms with Crippen LogP contribution in [0.15, 0.2) is 78.9 Å². The largest absolute Gasteiger partial charge is 0.492 e. The first kappa shape index (κ1) is 24.8. The first-order valence-corrected chi connectivity index (χ1v) is 10.9. The highest BCUT2D eigenvalue weighted by atomic mass is 16.6.